The fourth-order valence-corrected chi connectivity index (χ4v) is 9.47. The first-order valence-corrected chi connectivity index (χ1v) is 14.0. The number of ketones is 2. The van der Waals surface area contributed by atoms with Crippen LogP contribution in [0, 0.1) is 62.6 Å². The van der Waals surface area contributed by atoms with E-state index in [9.17, 15) is 24.8 Å². The highest BCUT2D eigenvalue weighted by atomic mass is 16.4. The molecule has 5 aliphatic rings. The van der Waals surface area contributed by atoms with Gasteiger partial charge in [-0.25, -0.2) is 0 Å². The van der Waals surface area contributed by atoms with Gasteiger partial charge in [-0.2, -0.15) is 5.26 Å². The number of aliphatic carboxylic acids is 1. The Bertz CT molecular complexity index is 1100. The Morgan fingerprint density at radius 1 is 1.03 bits per heavy atom. The van der Waals surface area contributed by atoms with Crippen LogP contribution in [0.3, 0.4) is 0 Å². The zero-order valence-corrected chi connectivity index (χ0v) is 23.1. The molecule has 0 aromatic rings. The number of carbonyl (C=O) groups excluding carboxylic acids is 2. The van der Waals surface area contributed by atoms with E-state index >= 15 is 0 Å². The molecule has 0 aromatic heterocycles. The average molecular weight is 494 g/mol. The molecule has 0 spiro atoms. The number of fused-ring (bicyclic) bond motifs is 7. The summed E-state index contributed by atoms with van der Waals surface area (Å²) >= 11 is 0. The van der Waals surface area contributed by atoms with Gasteiger partial charge in [0.25, 0.3) is 0 Å². The Labute approximate surface area is 216 Å². The largest absolute Gasteiger partial charge is 0.481 e. The SMILES string of the molecule is CC.CC1CCC2(C(=O)O)CC[C@]3(C)C(C(=O)C=C4C5(C)C=C(C#N)C(=O)C(C)C5CCC43C)C2C1. The van der Waals surface area contributed by atoms with Gasteiger partial charge in [-0.3, -0.25) is 14.4 Å². The van der Waals surface area contributed by atoms with Gasteiger partial charge < -0.3 is 5.11 Å². The van der Waals surface area contributed by atoms with Crippen molar-refractivity contribution in [2.75, 3.05) is 0 Å². The molecule has 8 unspecified atom stereocenters. The van der Waals surface area contributed by atoms with Crippen molar-refractivity contribution in [1.29, 1.82) is 5.26 Å². The van der Waals surface area contributed by atoms with E-state index in [0.717, 1.165) is 37.7 Å². The summed E-state index contributed by atoms with van der Waals surface area (Å²) in [6.07, 6.45) is 9.15. The molecule has 196 valence electrons. The smallest absolute Gasteiger partial charge is 0.309 e. The molecular formula is C31H43NO4. The van der Waals surface area contributed by atoms with Gasteiger partial charge >= 0.3 is 5.97 Å². The maximum atomic E-state index is 14.0. The van der Waals surface area contributed by atoms with E-state index < -0.39 is 16.8 Å². The molecule has 0 aromatic carbocycles. The summed E-state index contributed by atoms with van der Waals surface area (Å²) in [7, 11) is 0. The predicted octanol–water partition coefficient (Wildman–Crippen LogP) is 6.54. The first-order chi connectivity index (χ1) is 16.9. The van der Waals surface area contributed by atoms with Gasteiger partial charge in [0.05, 0.1) is 11.0 Å². The van der Waals surface area contributed by atoms with Gasteiger partial charge in [-0.1, -0.05) is 60.1 Å². The molecule has 3 fully saturated rings. The molecule has 0 bridgehead atoms. The molecule has 0 heterocycles. The quantitative estimate of drug-likeness (QED) is 0.448. The first kappa shape index (κ1) is 26.8. The molecule has 5 rings (SSSR count). The van der Waals surface area contributed by atoms with Gasteiger partial charge in [-0.15, -0.1) is 0 Å². The van der Waals surface area contributed by atoms with Crippen LogP contribution in [0.15, 0.2) is 23.3 Å². The highest BCUT2D eigenvalue weighted by Gasteiger charge is 2.69. The van der Waals surface area contributed by atoms with Gasteiger partial charge in [0, 0.05) is 17.3 Å². The molecule has 0 aliphatic heterocycles. The fraction of sp³-hybridized carbons (Fsp3) is 0.742. The summed E-state index contributed by atoms with van der Waals surface area (Å²) in [4.78, 5) is 39.5. The summed E-state index contributed by atoms with van der Waals surface area (Å²) in [5.41, 5.74) is -0.650. The number of nitriles is 1. The molecule has 0 radical (unpaired) electrons. The van der Waals surface area contributed by atoms with Gasteiger partial charge in [-0.05, 0) is 79.6 Å². The Morgan fingerprint density at radius 2 is 1.69 bits per heavy atom. The van der Waals surface area contributed by atoms with E-state index in [0.29, 0.717) is 18.8 Å². The van der Waals surface area contributed by atoms with Crippen molar-refractivity contribution in [3.63, 3.8) is 0 Å². The average Bonchev–Trinajstić information content (AvgIpc) is 2.84. The molecule has 9 atom stereocenters. The second-order valence-electron chi connectivity index (χ2n) is 12.9. The highest BCUT2D eigenvalue weighted by Crippen LogP contribution is 2.73. The van der Waals surface area contributed by atoms with Crippen molar-refractivity contribution >= 4 is 17.5 Å². The van der Waals surface area contributed by atoms with E-state index in [-0.39, 0.29) is 51.6 Å². The summed E-state index contributed by atoms with van der Waals surface area (Å²) in [6, 6.07) is 2.12. The van der Waals surface area contributed by atoms with Gasteiger partial charge in [0.1, 0.15) is 6.07 Å². The van der Waals surface area contributed by atoms with E-state index in [1.807, 2.05) is 32.9 Å². The van der Waals surface area contributed by atoms with Crippen molar-refractivity contribution in [1.82, 2.24) is 0 Å². The Morgan fingerprint density at radius 3 is 2.31 bits per heavy atom. The van der Waals surface area contributed by atoms with Crippen LogP contribution in [-0.2, 0) is 14.4 Å². The standard InChI is InChI=1S/C29H37NO4.C2H6/c1-16-6-9-29(25(33)34)11-10-28(5)23(20(29)12-16)21(31)13-22-26(3)14-18(15-30)24(32)17(2)19(26)7-8-27(22,28)4;1-2/h13-14,16-17,19-20,23H,6-12H2,1-5H3,(H,33,34);1-2H3/t16?,17?,19?,20?,23?,26?,27?,28-,29?;/m1./s1. The van der Waals surface area contributed by atoms with Crippen molar-refractivity contribution < 1.29 is 19.5 Å². The van der Waals surface area contributed by atoms with Crippen molar-refractivity contribution in [3.8, 4) is 6.07 Å². The molecule has 0 saturated heterocycles. The van der Waals surface area contributed by atoms with Gasteiger partial charge in [0.2, 0.25) is 0 Å². The summed E-state index contributed by atoms with van der Waals surface area (Å²) in [5.74, 6) is -0.935. The molecule has 3 saturated carbocycles. The molecule has 1 N–H and O–H groups in total. The van der Waals surface area contributed by atoms with Crippen LogP contribution in [-0.4, -0.2) is 22.6 Å². The number of hydrogen-bond donors (Lipinski definition) is 1. The van der Waals surface area contributed by atoms with Crippen LogP contribution in [0.1, 0.15) is 93.4 Å². The number of rotatable bonds is 1. The summed E-state index contributed by atoms with van der Waals surface area (Å²) in [5, 5.41) is 20.1. The fourth-order valence-electron chi connectivity index (χ4n) is 9.47. The first-order valence-electron chi connectivity index (χ1n) is 14.0. The number of carbonyl (C=O) groups is 3. The second kappa shape index (κ2) is 8.67. The zero-order chi connectivity index (χ0) is 26.8. The molecule has 5 nitrogen and oxygen atoms in total. The molecule has 0 amide bonds. The maximum absolute atomic E-state index is 14.0. The van der Waals surface area contributed by atoms with E-state index in [1.165, 1.54) is 0 Å². The lowest BCUT2D eigenvalue weighted by Crippen LogP contribution is -2.64. The van der Waals surface area contributed by atoms with Crippen molar-refractivity contribution in [2.45, 2.75) is 93.4 Å². The molecule has 36 heavy (non-hydrogen) atoms. The lowest BCUT2D eigenvalue weighted by Gasteiger charge is -2.67. The van der Waals surface area contributed by atoms with Crippen molar-refractivity contribution in [3.05, 3.63) is 23.3 Å². The highest BCUT2D eigenvalue weighted by molar-refractivity contribution is 6.02. The zero-order valence-electron chi connectivity index (χ0n) is 23.1. The van der Waals surface area contributed by atoms with Crippen molar-refractivity contribution in [2.24, 2.45) is 51.2 Å². The lowest BCUT2D eigenvalue weighted by molar-refractivity contribution is -0.184. The summed E-state index contributed by atoms with van der Waals surface area (Å²) < 4.78 is 0. The number of carboxylic acid groups (broad SMARTS) is 1. The van der Waals surface area contributed by atoms with Crippen LogP contribution in [0.25, 0.3) is 0 Å². The van der Waals surface area contributed by atoms with E-state index in [4.69, 9.17) is 0 Å². The normalized spacial score (nSPS) is 47.3. The van der Waals surface area contributed by atoms with Crippen LogP contribution in [0.5, 0.6) is 0 Å². The van der Waals surface area contributed by atoms with Crippen LogP contribution in [0.2, 0.25) is 0 Å². The number of carboxylic acids is 1. The maximum Gasteiger partial charge on any atom is 0.309 e. The minimum atomic E-state index is -0.797. The lowest BCUT2D eigenvalue weighted by atomic mass is 9.35. The number of hydrogen-bond acceptors (Lipinski definition) is 4. The van der Waals surface area contributed by atoms with Gasteiger partial charge in [0.15, 0.2) is 11.6 Å². The topological polar surface area (TPSA) is 95.2 Å². The van der Waals surface area contributed by atoms with E-state index in [2.05, 4.69) is 33.8 Å². The number of Topliss-reactive ketones (excluding diaryl/α,β-unsaturated/α-hetero) is 1. The minimum Gasteiger partial charge on any atom is -0.481 e. The molecule has 5 aliphatic carbocycles. The molecular weight excluding hydrogens is 450 g/mol. The molecule has 5 heteroatoms. The minimum absolute atomic E-state index is 0.0673. The van der Waals surface area contributed by atoms with Crippen LogP contribution in [0.4, 0.5) is 0 Å². The Hall–Kier alpha value is -2.22. The Balaban J connectivity index is 0.00000148. The van der Waals surface area contributed by atoms with Crippen LogP contribution < -0.4 is 0 Å². The number of allylic oxidation sites excluding steroid dienone is 4. The van der Waals surface area contributed by atoms with E-state index in [1.54, 1.807) is 0 Å². The van der Waals surface area contributed by atoms with Crippen LogP contribution >= 0.6 is 0 Å². The summed E-state index contributed by atoms with van der Waals surface area (Å²) in [6.45, 7) is 14.8. The Kier molecular flexibility index (Phi) is 6.47. The number of nitrogens with zero attached hydrogens (tertiary/aromatic N) is 1. The third kappa shape index (κ3) is 3.21. The predicted molar refractivity (Wildman–Crippen MR) is 139 cm³/mol. The third-order valence-corrected chi connectivity index (χ3v) is 11.7. The second-order valence-corrected chi connectivity index (χ2v) is 12.9. The third-order valence-electron chi connectivity index (χ3n) is 11.7. The monoisotopic (exact) mass is 493 g/mol.